The SMILES string of the molecule is CN1CCN(c2ccc(CNC(=O)/C=C/c3cccc([N+](=O)[O-])c3)cc2)CC1. The van der Waals surface area contributed by atoms with Gasteiger partial charge in [0.05, 0.1) is 4.92 Å². The number of nitro groups is 1. The van der Waals surface area contributed by atoms with Crippen LogP contribution >= 0.6 is 0 Å². The van der Waals surface area contributed by atoms with Crippen LogP contribution < -0.4 is 10.2 Å². The van der Waals surface area contributed by atoms with E-state index < -0.39 is 4.92 Å². The number of amides is 1. The zero-order valence-electron chi connectivity index (χ0n) is 15.9. The number of piperazine rings is 1. The first-order chi connectivity index (χ1) is 13.5. The first kappa shape index (κ1) is 19.6. The molecule has 3 rings (SSSR count). The van der Waals surface area contributed by atoms with Crippen molar-refractivity contribution in [3.05, 3.63) is 75.8 Å². The number of likely N-dealkylation sites (N-methyl/N-ethyl adjacent to an activating group) is 1. The molecule has 0 aliphatic carbocycles. The Labute approximate surface area is 164 Å². The minimum absolute atomic E-state index is 0.00278. The van der Waals surface area contributed by atoms with Crippen molar-refractivity contribution in [2.24, 2.45) is 0 Å². The number of rotatable bonds is 6. The van der Waals surface area contributed by atoms with Crippen LogP contribution in [0.1, 0.15) is 11.1 Å². The van der Waals surface area contributed by atoms with Crippen LogP contribution in [0.2, 0.25) is 0 Å². The van der Waals surface area contributed by atoms with Gasteiger partial charge in [-0.05, 0) is 36.4 Å². The normalized spacial score (nSPS) is 15.0. The first-order valence-electron chi connectivity index (χ1n) is 9.24. The molecule has 0 unspecified atom stereocenters. The summed E-state index contributed by atoms with van der Waals surface area (Å²) in [5.41, 5.74) is 2.84. The fourth-order valence-corrected chi connectivity index (χ4v) is 3.05. The molecule has 1 saturated heterocycles. The van der Waals surface area contributed by atoms with Gasteiger partial charge >= 0.3 is 0 Å². The average molecular weight is 380 g/mol. The van der Waals surface area contributed by atoms with E-state index in [0.29, 0.717) is 12.1 Å². The number of benzene rings is 2. The summed E-state index contributed by atoms with van der Waals surface area (Å²) in [5.74, 6) is -0.241. The maximum absolute atomic E-state index is 12.0. The fourth-order valence-electron chi connectivity index (χ4n) is 3.05. The molecule has 0 saturated carbocycles. The third-order valence-electron chi connectivity index (χ3n) is 4.78. The number of carbonyl (C=O) groups is 1. The summed E-state index contributed by atoms with van der Waals surface area (Å²) in [6, 6.07) is 14.4. The lowest BCUT2D eigenvalue weighted by Gasteiger charge is -2.34. The molecular weight excluding hydrogens is 356 g/mol. The van der Waals surface area contributed by atoms with Gasteiger partial charge in [0.25, 0.3) is 5.69 Å². The second-order valence-corrected chi connectivity index (χ2v) is 6.86. The molecule has 1 N–H and O–H groups in total. The van der Waals surface area contributed by atoms with Gasteiger partial charge in [0, 0.05) is 56.6 Å². The van der Waals surface area contributed by atoms with Gasteiger partial charge in [-0.1, -0.05) is 24.3 Å². The second-order valence-electron chi connectivity index (χ2n) is 6.86. The summed E-state index contributed by atoms with van der Waals surface area (Å²) in [4.78, 5) is 27.0. The van der Waals surface area contributed by atoms with Gasteiger partial charge in [0.1, 0.15) is 0 Å². The Morgan fingerprint density at radius 1 is 1.14 bits per heavy atom. The molecule has 0 spiro atoms. The van der Waals surface area contributed by atoms with Crippen molar-refractivity contribution in [2.45, 2.75) is 6.54 Å². The van der Waals surface area contributed by atoms with E-state index >= 15 is 0 Å². The highest BCUT2D eigenvalue weighted by Gasteiger charge is 2.13. The molecule has 1 heterocycles. The number of nitrogens with one attached hydrogen (secondary N) is 1. The minimum Gasteiger partial charge on any atom is -0.369 e. The average Bonchev–Trinajstić information content (AvgIpc) is 2.72. The molecule has 28 heavy (non-hydrogen) atoms. The summed E-state index contributed by atoms with van der Waals surface area (Å²) in [5, 5.41) is 13.6. The van der Waals surface area contributed by atoms with Crippen molar-refractivity contribution >= 4 is 23.4 Å². The maximum atomic E-state index is 12.0. The van der Waals surface area contributed by atoms with Crippen molar-refractivity contribution in [1.29, 1.82) is 0 Å². The number of non-ortho nitro benzene ring substituents is 1. The summed E-state index contributed by atoms with van der Waals surface area (Å²) in [6.45, 7) is 4.61. The molecule has 0 radical (unpaired) electrons. The molecular formula is C21H24N4O3. The van der Waals surface area contributed by atoms with Crippen LogP contribution in [-0.2, 0) is 11.3 Å². The predicted octanol–water partition coefficient (Wildman–Crippen LogP) is 2.68. The minimum atomic E-state index is -0.455. The zero-order valence-corrected chi connectivity index (χ0v) is 15.9. The van der Waals surface area contributed by atoms with Gasteiger partial charge < -0.3 is 15.1 Å². The highest BCUT2D eigenvalue weighted by atomic mass is 16.6. The monoisotopic (exact) mass is 380 g/mol. The van der Waals surface area contributed by atoms with Gasteiger partial charge in [-0.2, -0.15) is 0 Å². The van der Waals surface area contributed by atoms with Crippen molar-refractivity contribution in [3.63, 3.8) is 0 Å². The van der Waals surface area contributed by atoms with E-state index in [2.05, 4.69) is 34.3 Å². The number of anilines is 1. The van der Waals surface area contributed by atoms with Crippen LogP contribution in [0.5, 0.6) is 0 Å². The van der Waals surface area contributed by atoms with Gasteiger partial charge in [0.2, 0.25) is 5.91 Å². The van der Waals surface area contributed by atoms with Gasteiger partial charge in [-0.3, -0.25) is 14.9 Å². The number of nitrogens with zero attached hydrogens (tertiary/aromatic N) is 3. The van der Waals surface area contributed by atoms with E-state index in [0.717, 1.165) is 31.7 Å². The van der Waals surface area contributed by atoms with Crippen molar-refractivity contribution < 1.29 is 9.72 Å². The van der Waals surface area contributed by atoms with E-state index in [-0.39, 0.29) is 11.6 Å². The lowest BCUT2D eigenvalue weighted by atomic mass is 10.1. The molecule has 2 aromatic rings. The van der Waals surface area contributed by atoms with Crippen molar-refractivity contribution in [3.8, 4) is 0 Å². The van der Waals surface area contributed by atoms with Crippen LogP contribution in [0, 0.1) is 10.1 Å². The molecule has 1 aliphatic rings. The van der Waals surface area contributed by atoms with Crippen LogP contribution in [0.25, 0.3) is 6.08 Å². The van der Waals surface area contributed by atoms with E-state index in [1.807, 2.05) is 12.1 Å². The van der Waals surface area contributed by atoms with E-state index in [4.69, 9.17) is 0 Å². The van der Waals surface area contributed by atoms with Crippen molar-refractivity contribution in [1.82, 2.24) is 10.2 Å². The molecule has 1 fully saturated rings. The Morgan fingerprint density at radius 2 is 1.86 bits per heavy atom. The molecule has 7 heteroatoms. The van der Waals surface area contributed by atoms with Crippen LogP contribution in [-0.4, -0.2) is 49.0 Å². The second kappa shape index (κ2) is 9.14. The van der Waals surface area contributed by atoms with E-state index in [1.54, 1.807) is 18.2 Å². The largest absolute Gasteiger partial charge is 0.369 e. The number of nitro benzene ring substituents is 1. The van der Waals surface area contributed by atoms with Crippen LogP contribution in [0.4, 0.5) is 11.4 Å². The number of carbonyl (C=O) groups excluding carboxylic acids is 1. The third-order valence-corrected chi connectivity index (χ3v) is 4.78. The lowest BCUT2D eigenvalue weighted by Crippen LogP contribution is -2.44. The Bertz CT molecular complexity index is 856. The highest BCUT2D eigenvalue weighted by Crippen LogP contribution is 2.17. The Kier molecular flexibility index (Phi) is 6.39. The molecule has 7 nitrogen and oxygen atoms in total. The quantitative estimate of drug-likeness (QED) is 0.474. The highest BCUT2D eigenvalue weighted by molar-refractivity contribution is 5.91. The number of hydrogen-bond donors (Lipinski definition) is 1. The van der Waals surface area contributed by atoms with Crippen LogP contribution in [0.15, 0.2) is 54.6 Å². The standard InChI is InChI=1S/C21H24N4O3/c1-23-11-13-24(14-12-23)19-8-5-18(6-9-19)16-22-21(26)10-7-17-3-2-4-20(15-17)25(27)28/h2-10,15H,11-14,16H2,1H3,(H,22,26)/b10-7+. The maximum Gasteiger partial charge on any atom is 0.270 e. The van der Waals surface area contributed by atoms with E-state index in [1.165, 1.54) is 23.9 Å². The van der Waals surface area contributed by atoms with Gasteiger partial charge in [-0.25, -0.2) is 0 Å². The summed E-state index contributed by atoms with van der Waals surface area (Å²) < 4.78 is 0. The van der Waals surface area contributed by atoms with Gasteiger partial charge in [-0.15, -0.1) is 0 Å². The predicted molar refractivity (Wildman–Crippen MR) is 110 cm³/mol. The Morgan fingerprint density at radius 3 is 2.54 bits per heavy atom. The fraction of sp³-hybridized carbons (Fsp3) is 0.286. The third kappa shape index (κ3) is 5.40. The first-order valence-corrected chi connectivity index (χ1v) is 9.24. The summed E-state index contributed by atoms with van der Waals surface area (Å²) in [6.07, 6.45) is 2.95. The molecule has 0 atom stereocenters. The van der Waals surface area contributed by atoms with Crippen LogP contribution in [0.3, 0.4) is 0 Å². The lowest BCUT2D eigenvalue weighted by molar-refractivity contribution is -0.384. The Balaban J connectivity index is 1.50. The Hall–Kier alpha value is -3.19. The molecule has 1 amide bonds. The summed E-state index contributed by atoms with van der Waals surface area (Å²) >= 11 is 0. The smallest absolute Gasteiger partial charge is 0.270 e. The molecule has 0 aromatic heterocycles. The van der Waals surface area contributed by atoms with Gasteiger partial charge in [0.15, 0.2) is 0 Å². The van der Waals surface area contributed by atoms with E-state index in [9.17, 15) is 14.9 Å². The summed E-state index contributed by atoms with van der Waals surface area (Å²) in [7, 11) is 2.14. The number of hydrogen-bond acceptors (Lipinski definition) is 5. The molecule has 146 valence electrons. The molecule has 1 aliphatic heterocycles. The topological polar surface area (TPSA) is 78.7 Å². The van der Waals surface area contributed by atoms with Crippen molar-refractivity contribution in [2.75, 3.05) is 38.1 Å². The molecule has 2 aromatic carbocycles. The molecule has 0 bridgehead atoms. The zero-order chi connectivity index (χ0) is 19.9.